The number of carbonyl (C=O) groups is 5. The second-order valence-corrected chi connectivity index (χ2v) is 12.1. The fourth-order valence-electron chi connectivity index (χ4n) is 5.16. The normalized spacial score (nSPS) is 16.0. The number of methoxy groups -OCH3 is 1. The fourth-order valence-corrected chi connectivity index (χ4v) is 5.16. The smallest absolute Gasteiger partial charge is 0.410 e. The Labute approximate surface area is 262 Å². The third-order valence-corrected chi connectivity index (χ3v) is 7.63. The minimum Gasteiger partial charge on any atom is -0.467 e. The van der Waals surface area contributed by atoms with E-state index in [4.69, 9.17) is 14.2 Å². The molecule has 2 aliphatic rings. The molecule has 14 nitrogen and oxygen atoms in total. The molecule has 4 amide bonds. The molecule has 45 heavy (non-hydrogen) atoms. The highest BCUT2D eigenvalue weighted by molar-refractivity contribution is 5.98. The molecule has 3 heterocycles. The van der Waals surface area contributed by atoms with Gasteiger partial charge in [-0.1, -0.05) is 30.3 Å². The highest BCUT2D eigenvalue weighted by atomic mass is 16.6. The van der Waals surface area contributed by atoms with Gasteiger partial charge in [0, 0.05) is 38.8 Å². The number of ether oxygens (including phenoxy) is 3. The van der Waals surface area contributed by atoms with Gasteiger partial charge >= 0.3 is 18.2 Å². The molecule has 1 aromatic heterocycles. The lowest BCUT2D eigenvalue weighted by atomic mass is 9.93. The average Bonchev–Trinajstić information content (AvgIpc) is 3.47. The van der Waals surface area contributed by atoms with Gasteiger partial charge in [0.1, 0.15) is 23.9 Å². The second-order valence-electron chi connectivity index (χ2n) is 12.1. The topological polar surface area (TPSA) is 161 Å². The summed E-state index contributed by atoms with van der Waals surface area (Å²) < 4.78 is 16.9. The second kappa shape index (κ2) is 14.9. The van der Waals surface area contributed by atoms with Crippen molar-refractivity contribution in [2.24, 2.45) is 5.92 Å². The van der Waals surface area contributed by atoms with Crippen LogP contribution in [0, 0.1) is 5.92 Å². The van der Waals surface area contributed by atoms with Crippen LogP contribution < -0.4 is 10.6 Å². The zero-order chi connectivity index (χ0) is 32.6. The summed E-state index contributed by atoms with van der Waals surface area (Å²) in [5, 5.41) is 9.26. The molecule has 2 aromatic rings. The molecule has 2 aliphatic heterocycles. The highest BCUT2D eigenvalue weighted by Gasteiger charge is 2.31. The molecule has 244 valence electrons. The zero-order valence-corrected chi connectivity index (χ0v) is 26.2. The molecular weight excluding hydrogens is 584 g/mol. The number of nitrogens with one attached hydrogen (secondary N) is 2. The van der Waals surface area contributed by atoms with E-state index in [0.717, 1.165) is 24.8 Å². The van der Waals surface area contributed by atoms with E-state index in [9.17, 15) is 24.0 Å². The predicted octanol–water partition coefficient (Wildman–Crippen LogP) is 2.57. The SMILES string of the molecule is COC(=O)[C@H](CNC(=O)c1cc2n(n1)CCN(CCC1CCN(C(=O)OC(C)(C)C)CC1)C2=O)NC(=O)OCc1ccccc1. The lowest BCUT2D eigenvalue weighted by Crippen LogP contribution is -2.49. The standard InChI is InChI=1S/C31H42N6O8/c1-31(2,3)45-30(42)36-14-11-21(12-15-36)10-13-35-16-17-37-25(27(35)39)18-23(34-37)26(38)32-19-24(28(40)43-4)33-29(41)44-20-22-8-6-5-7-9-22/h5-9,18,21,24H,10-17,19-20H2,1-4H3,(H,32,38)(H,33,41)/t24-/m0/s1. The van der Waals surface area contributed by atoms with E-state index < -0.39 is 29.6 Å². The Morgan fingerprint density at radius 3 is 2.42 bits per heavy atom. The van der Waals surface area contributed by atoms with E-state index in [1.54, 1.807) is 21.9 Å². The maximum Gasteiger partial charge on any atom is 0.410 e. The maximum atomic E-state index is 13.2. The molecule has 0 radical (unpaired) electrons. The van der Waals surface area contributed by atoms with Gasteiger partial charge in [-0.2, -0.15) is 5.10 Å². The third-order valence-electron chi connectivity index (χ3n) is 7.63. The average molecular weight is 627 g/mol. The fraction of sp³-hybridized carbons (Fsp3) is 0.548. The number of carbonyl (C=O) groups excluding carboxylic acids is 5. The molecule has 0 spiro atoms. The van der Waals surface area contributed by atoms with Crippen molar-refractivity contribution in [3.8, 4) is 0 Å². The van der Waals surface area contributed by atoms with Crippen LogP contribution in [0.4, 0.5) is 9.59 Å². The van der Waals surface area contributed by atoms with E-state index in [-0.39, 0.29) is 30.8 Å². The molecule has 1 saturated heterocycles. The predicted molar refractivity (Wildman–Crippen MR) is 161 cm³/mol. The van der Waals surface area contributed by atoms with E-state index in [2.05, 4.69) is 15.7 Å². The van der Waals surface area contributed by atoms with Crippen LogP contribution in [0.5, 0.6) is 0 Å². The minimum atomic E-state index is -1.20. The van der Waals surface area contributed by atoms with Gasteiger partial charge in [-0.3, -0.25) is 14.3 Å². The molecule has 0 aliphatic carbocycles. The molecule has 14 heteroatoms. The first-order valence-electron chi connectivity index (χ1n) is 15.1. The molecule has 1 atom stereocenters. The minimum absolute atomic E-state index is 0.00550. The van der Waals surface area contributed by atoms with E-state index in [1.165, 1.54) is 17.9 Å². The molecular formula is C31H42N6O8. The van der Waals surface area contributed by atoms with Crippen LogP contribution in [0.25, 0.3) is 0 Å². The van der Waals surface area contributed by atoms with Crippen molar-refractivity contribution in [3.05, 3.63) is 53.3 Å². The van der Waals surface area contributed by atoms with Crippen LogP contribution in [0.1, 0.15) is 66.6 Å². The Balaban J connectivity index is 1.24. The molecule has 0 saturated carbocycles. The van der Waals surface area contributed by atoms with E-state index >= 15 is 0 Å². The van der Waals surface area contributed by atoms with E-state index in [0.29, 0.717) is 44.3 Å². The number of benzene rings is 1. The maximum absolute atomic E-state index is 13.2. The number of rotatable bonds is 10. The van der Waals surface area contributed by atoms with Gasteiger partial charge in [-0.15, -0.1) is 0 Å². The number of likely N-dealkylation sites (tertiary alicyclic amines) is 1. The first-order chi connectivity index (χ1) is 21.4. The summed E-state index contributed by atoms with van der Waals surface area (Å²) in [5.41, 5.74) is 0.563. The first-order valence-corrected chi connectivity index (χ1v) is 15.1. The molecule has 1 aromatic carbocycles. The Bertz CT molecular complexity index is 1360. The largest absolute Gasteiger partial charge is 0.467 e. The number of esters is 1. The van der Waals surface area contributed by atoms with Gasteiger partial charge in [0.15, 0.2) is 5.69 Å². The summed E-state index contributed by atoms with van der Waals surface area (Å²) in [6.07, 6.45) is 1.36. The Morgan fingerprint density at radius 2 is 1.76 bits per heavy atom. The molecule has 1 fully saturated rings. The summed E-state index contributed by atoms with van der Waals surface area (Å²) in [5.74, 6) is -1.20. The van der Waals surface area contributed by atoms with Crippen LogP contribution in [0.2, 0.25) is 0 Å². The summed E-state index contributed by atoms with van der Waals surface area (Å²) in [4.78, 5) is 66.5. The van der Waals surface area contributed by atoms with Crippen LogP contribution in [-0.4, -0.2) is 101 Å². The van der Waals surface area contributed by atoms with Crippen molar-refractivity contribution < 1.29 is 38.2 Å². The van der Waals surface area contributed by atoms with Gasteiger partial charge in [-0.25, -0.2) is 14.4 Å². The number of aromatic nitrogens is 2. The first kappa shape index (κ1) is 33.3. The Morgan fingerprint density at radius 1 is 1.04 bits per heavy atom. The van der Waals surface area contributed by atoms with Crippen molar-refractivity contribution in [2.45, 2.75) is 64.8 Å². The molecule has 0 unspecified atom stereocenters. The summed E-state index contributed by atoms with van der Waals surface area (Å²) in [6.45, 7) is 7.99. The van der Waals surface area contributed by atoms with Gasteiger partial charge in [0.05, 0.1) is 13.7 Å². The number of amides is 4. The molecule has 0 bridgehead atoms. The Hall–Kier alpha value is -4.62. The van der Waals surface area contributed by atoms with Crippen LogP contribution in [-0.2, 0) is 32.2 Å². The summed E-state index contributed by atoms with van der Waals surface area (Å²) in [7, 11) is 1.17. The van der Waals surface area contributed by atoms with Gasteiger partial charge < -0.3 is 34.6 Å². The molecule has 4 rings (SSSR count). The number of alkyl carbamates (subject to hydrolysis) is 1. The van der Waals surface area contributed by atoms with Crippen molar-refractivity contribution in [2.75, 3.05) is 39.8 Å². The lowest BCUT2D eigenvalue weighted by Gasteiger charge is -2.34. The summed E-state index contributed by atoms with van der Waals surface area (Å²) >= 11 is 0. The number of nitrogens with zero attached hydrogens (tertiary/aromatic N) is 4. The van der Waals surface area contributed by atoms with Crippen molar-refractivity contribution >= 4 is 30.0 Å². The number of hydrogen-bond acceptors (Lipinski definition) is 9. The van der Waals surface area contributed by atoms with Crippen LogP contribution >= 0.6 is 0 Å². The number of fused-ring (bicyclic) bond motifs is 1. The zero-order valence-electron chi connectivity index (χ0n) is 26.2. The third kappa shape index (κ3) is 9.43. The van der Waals surface area contributed by atoms with Gasteiger partial charge in [-0.05, 0) is 51.5 Å². The van der Waals surface area contributed by atoms with Crippen molar-refractivity contribution in [1.29, 1.82) is 0 Å². The van der Waals surface area contributed by atoms with Crippen molar-refractivity contribution in [1.82, 2.24) is 30.2 Å². The Kier molecular flexibility index (Phi) is 11.0. The quantitative estimate of drug-likeness (QED) is 0.298. The van der Waals surface area contributed by atoms with Crippen LogP contribution in [0.3, 0.4) is 0 Å². The van der Waals surface area contributed by atoms with Gasteiger partial charge in [0.25, 0.3) is 11.8 Å². The van der Waals surface area contributed by atoms with Crippen molar-refractivity contribution in [3.63, 3.8) is 0 Å². The number of hydrogen-bond donors (Lipinski definition) is 2. The lowest BCUT2D eigenvalue weighted by molar-refractivity contribution is -0.142. The van der Waals surface area contributed by atoms with Crippen LogP contribution in [0.15, 0.2) is 36.4 Å². The van der Waals surface area contributed by atoms with Gasteiger partial charge in [0.2, 0.25) is 0 Å². The highest BCUT2D eigenvalue weighted by Crippen LogP contribution is 2.24. The monoisotopic (exact) mass is 626 g/mol. The summed E-state index contributed by atoms with van der Waals surface area (Å²) in [6, 6.07) is 9.26. The number of piperidine rings is 1. The molecule has 2 N–H and O–H groups in total. The van der Waals surface area contributed by atoms with E-state index in [1.807, 2.05) is 39.0 Å².